The lowest BCUT2D eigenvalue weighted by Crippen LogP contribution is -2.33. The van der Waals surface area contributed by atoms with Crippen LogP contribution in [0.5, 0.6) is 0 Å². The first-order valence-corrected chi connectivity index (χ1v) is 8.30. The summed E-state index contributed by atoms with van der Waals surface area (Å²) in [7, 11) is 0. The lowest BCUT2D eigenvalue weighted by molar-refractivity contribution is 0.0933. The maximum atomic E-state index is 13.5. The fourth-order valence-corrected chi connectivity index (χ4v) is 2.19. The topological polar surface area (TPSA) is 71.1 Å². The summed E-state index contributed by atoms with van der Waals surface area (Å²) in [5, 5.41) is 5.50. The molecule has 1 aromatic heterocycles. The number of amides is 2. The van der Waals surface area contributed by atoms with Gasteiger partial charge in [0.05, 0.1) is 0 Å². The van der Waals surface area contributed by atoms with Crippen molar-refractivity contribution in [1.29, 1.82) is 0 Å². The largest absolute Gasteiger partial charge is 0.350 e. The van der Waals surface area contributed by atoms with E-state index in [1.807, 2.05) is 13.8 Å². The first-order chi connectivity index (χ1) is 12.0. The zero-order chi connectivity index (χ0) is 18.2. The van der Waals surface area contributed by atoms with Crippen molar-refractivity contribution in [1.82, 2.24) is 15.6 Å². The average Bonchev–Trinajstić information content (AvgIpc) is 2.63. The van der Waals surface area contributed by atoms with Crippen LogP contribution >= 0.6 is 0 Å². The molecule has 2 aromatic rings. The van der Waals surface area contributed by atoms with E-state index in [-0.39, 0.29) is 35.7 Å². The molecule has 1 heterocycles. The van der Waals surface area contributed by atoms with Gasteiger partial charge in [-0.3, -0.25) is 9.59 Å². The monoisotopic (exact) mass is 343 g/mol. The Balaban J connectivity index is 1.94. The maximum absolute atomic E-state index is 13.5. The quantitative estimate of drug-likeness (QED) is 0.812. The summed E-state index contributed by atoms with van der Waals surface area (Å²) in [5.74, 6) is -0.997. The van der Waals surface area contributed by atoms with Crippen LogP contribution in [-0.4, -0.2) is 29.4 Å². The zero-order valence-electron chi connectivity index (χ0n) is 14.4. The molecule has 0 aliphatic rings. The molecule has 6 heteroatoms. The molecule has 0 aliphatic heterocycles. The molecule has 2 amide bonds. The Morgan fingerprint density at radius 1 is 1.08 bits per heavy atom. The third kappa shape index (κ3) is 5.38. The van der Waals surface area contributed by atoms with Gasteiger partial charge in [0, 0.05) is 12.6 Å². The summed E-state index contributed by atoms with van der Waals surface area (Å²) in [4.78, 5) is 28.4. The molecular weight excluding hydrogens is 321 g/mol. The van der Waals surface area contributed by atoms with Crippen LogP contribution < -0.4 is 10.6 Å². The van der Waals surface area contributed by atoms with E-state index in [0.717, 1.165) is 6.42 Å². The molecule has 0 saturated heterocycles. The standard InChI is InChI=1S/C19H22FN3O2/c1-3-13(2)22-19(25)17-10-6-9-16(23-17)18(24)21-12-11-14-7-4-5-8-15(14)20/h4-10,13H,3,11-12H2,1-2H3,(H,21,24)(H,22,25). The fraction of sp³-hybridized carbons (Fsp3) is 0.316. The second-order valence-electron chi connectivity index (χ2n) is 5.79. The predicted octanol–water partition coefficient (Wildman–Crippen LogP) is 2.72. The molecule has 2 rings (SSSR count). The molecule has 0 bridgehead atoms. The first-order valence-electron chi connectivity index (χ1n) is 8.30. The Morgan fingerprint density at radius 2 is 1.76 bits per heavy atom. The van der Waals surface area contributed by atoms with E-state index in [4.69, 9.17) is 0 Å². The minimum absolute atomic E-state index is 0.0348. The summed E-state index contributed by atoms with van der Waals surface area (Å²) < 4.78 is 13.5. The zero-order valence-corrected chi connectivity index (χ0v) is 14.4. The Kier molecular flexibility index (Phi) is 6.62. The van der Waals surface area contributed by atoms with E-state index >= 15 is 0 Å². The number of halogens is 1. The van der Waals surface area contributed by atoms with Gasteiger partial charge in [-0.15, -0.1) is 0 Å². The van der Waals surface area contributed by atoms with Gasteiger partial charge in [0.25, 0.3) is 11.8 Å². The Morgan fingerprint density at radius 3 is 2.44 bits per heavy atom. The molecule has 0 radical (unpaired) electrons. The molecule has 5 nitrogen and oxygen atoms in total. The lowest BCUT2D eigenvalue weighted by Gasteiger charge is -2.11. The number of hydrogen-bond donors (Lipinski definition) is 2. The number of hydrogen-bond acceptors (Lipinski definition) is 3. The van der Waals surface area contributed by atoms with E-state index in [9.17, 15) is 14.0 Å². The SMILES string of the molecule is CCC(C)NC(=O)c1cccc(C(=O)NCCc2ccccc2F)n1. The van der Waals surface area contributed by atoms with Crippen LogP contribution in [-0.2, 0) is 6.42 Å². The van der Waals surface area contributed by atoms with Gasteiger partial charge in [0.15, 0.2) is 0 Å². The van der Waals surface area contributed by atoms with E-state index in [0.29, 0.717) is 12.0 Å². The van der Waals surface area contributed by atoms with E-state index in [1.54, 1.807) is 36.4 Å². The van der Waals surface area contributed by atoms with Crippen LogP contribution in [0.2, 0.25) is 0 Å². The minimum atomic E-state index is -0.394. The highest BCUT2D eigenvalue weighted by Crippen LogP contribution is 2.06. The van der Waals surface area contributed by atoms with Gasteiger partial charge in [0.1, 0.15) is 17.2 Å². The number of nitrogens with one attached hydrogen (secondary N) is 2. The van der Waals surface area contributed by atoms with Crippen molar-refractivity contribution in [3.05, 3.63) is 65.2 Å². The van der Waals surface area contributed by atoms with E-state index in [2.05, 4.69) is 15.6 Å². The molecule has 0 spiro atoms. The number of nitrogens with zero attached hydrogens (tertiary/aromatic N) is 1. The van der Waals surface area contributed by atoms with Gasteiger partial charge in [-0.25, -0.2) is 9.37 Å². The summed E-state index contributed by atoms with van der Waals surface area (Å²) in [6.07, 6.45) is 1.19. The second-order valence-corrected chi connectivity index (χ2v) is 5.79. The summed E-state index contributed by atoms with van der Waals surface area (Å²) in [6.45, 7) is 4.15. The highest BCUT2D eigenvalue weighted by molar-refractivity contribution is 5.96. The fourth-order valence-electron chi connectivity index (χ4n) is 2.19. The number of carbonyl (C=O) groups is 2. The van der Waals surface area contributed by atoms with Crippen molar-refractivity contribution in [2.24, 2.45) is 0 Å². The third-order valence-electron chi connectivity index (χ3n) is 3.84. The van der Waals surface area contributed by atoms with Gasteiger partial charge in [-0.2, -0.15) is 0 Å². The first kappa shape index (κ1) is 18.6. The van der Waals surface area contributed by atoms with Crippen LogP contribution in [0.4, 0.5) is 4.39 Å². The Bertz CT molecular complexity index is 749. The normalized spacial score (nSPS) is 11.6. The highest BCUT2D eigenvalue weighted by atomic mass is 19.1. The van der Waals surface area contributed by atoms with Gasteiger partial charge in [0.2, 0.25) is 0 Å². The number of benzene rings is 1. The van der Waals surface area contributed by atoms with Crippen LogP contribution in [0.3, 0.4) is 0 Å². The second kappa shape index (κ2) is 8.92. The molecule has 25 heavy (non-hydrogen) atoms. The van der Waals surface area contributed by atoms with Gasteiger partial charge < -0.3 is 10.6 Å². The van der Waals surface area contributed by atoms with Crippen molar-refractivity contribution in [2.75, 3.05) is 6.54 Å². The molecule has 0 saturated carbocycles. The molecule has 1 aromatic carbocycles. The number of aromatic nitrogens is 1. The maximum Gasteiger partial charge on any atom is 0.270 e. The molecular formula is C19H22FN3O2. The molecule has 2 N–H and O–H groups in total. The van der Waals surface area contributed by atoms with Crippen LogP contribution in [0.15, 0.2) is 42.5 Å². The van der Waals surface area contributed by atoms with Crippen LogP contribution in [0.25, 0.3) is 0 Å². The van der Waals surface area contributed by atoms with Crippen LogP contribution in [0.1, 0.15) is 46.8 Å². The van der Waals surface area contributed by atoms with Crippen molar-refractivity contribution < 1.29 is 14.0 Å². The molecule has 1 unspecified atom stereocenters. The highest BCUT2D eigenvalue weighted by Gasteiger charge is 2.13. The predicted molar refractivity (Wildman–Crippen MR) is 93.9 cm³/mol. The van der Waals surface area contributed by atoms with Gasteiger partial charge >= 0.3 is 0 Å². The molecule has 0 fully saturated rings. The average molecular weight is 343 g/mol. The third-order valence-corrected chi connectivity index (χ3v) is 3.84. The smallest absolute Gasteiger partial charge is 0.270 e. The molecule has 132 valence electrons. The van der Waals surface area contributed by atoms with Crippen LogP contribution in [0, 0.1) is 5.82 Å². The van der Waals surface area contributed by atoms with Gasteiger partial charge in [-0.05, 0) is 43.5 Å². The number of pyridine rings is 1. The van der Waals surface area contributed by atoms with E-state index < -0.39 is 5.91 Å². The summed E-state index contributed by atoms with van der Waals surface area (Å²) >= 11 is 0. The Labute approximate surface area is 146 Å². The summed E-state index contributed by atoms with van der Waals surface area (Å²) in [6, 6.07) is 11.2. The van der Waals surface area contributed by atoms with E-state index in [1.165, 1.54) is 6.07 Å². The Hall–Kier alpha value is -2.76. The van der Waals surface area contributed by atoms with Crippen molar-refractivity contribution in [3.8, 4) is 0 Å². The number of carbonyl (C=O) groups excluding carboxylic acids is 2. The molecule has 0 aliphatic carbocycles. The lowest BCUT2D eigenvalue weighted by atomic mass is 10.1. The molecule has 1 atom stereocenters. The minimum Gasteiger partial charge on any atom is -0.350 e. The number of rotatable bonds is 7. The van der Waals surface area contributed by atoms with Crippen molar-refractivity contribution >= 4 is 11.8 Å². The summed E-state index contributed by atoms with van der Waals surface area (Å²) in [5.41, 5.74) is 0.893. The van der Waals surface area contributed by atoms with Gasteiger partial charge in [-0.1, -0.05) is 31.2 Å². The van der Waals surface area contributed by atoms with Crippen molar-refractivity contribution in [3.63, 3.8) is 0 Å². The van der Waals surface area contributed by atoms with Crippen molar-refractivity contribution in [2.45, 2.75) is 32.7 Å².